The van der Waals surface area contributed by atoms with Gasteiger partial charge in [-0.05, 0) is 12.1 Å². The van der Waals surface area contributed by atoms with Gasteiger partial charge in [-0.15, -0.1) is 11.3 Å². The minimum absolute atomic E-state index is 0.134. The van der Waals surface area contributed by atoms with Crippen LogP contribution in [0.15, 0.2) is 34.8 Å². The molecular weight excluding hydrogens is 370 g/mol. The fraction of sp³-hybridized carbons (Fsp3) is 0.357. The third kappa shape index (κ3) is 3.18. The molecule has 0 saturated carbocycles. The number of methoxy groups -OCH3 is 1. The first-order valence-electron chi connectivity index (χ1n) is 7.08. The van der Waals surface area contributed by atoms with Crippen molar-refractivity contribution in [1.82, 2.24) is 14.3 Å². The predicted molar refractivity (Wildman–Crippen MR) is 91.6 cm³/mol. The Hall–Kier alpha value is -1.49. The van der Waals surface area contributed by atoms with E-state index < -0.39 is 16.0 Å². The van der Waals surface area contributed by atoms with Crippen LogP contribution in [0.4, 0.5) is 0 Å². The molecule has 128 valence electrons. The zero-order valence-corrected chi connectivity index (χ0v) is 15.2. The molecule has 3 heterocycles. The van der Waals surface area contributed by atoms with E-state index in [1.165, 1.54) is 41.1 Å². The van der Waals surface area contributed by atoms with Crippen molar-refractivity contribution in [2.75, 3.05) is 25.2 Å². The van der Waals surface area contributed by atoms with Gasteiger partial charge in [-0.3, -0.25) is 0 Å². The number of carbonyl (C=O) groups is 1. The monoisotopic (exact) mass is 385 g/mol. The summed E-state index contributed by atoms with van der Waals surface area (Å²) in [6.07, 6.45) is 3.03. The molecule has 1 fully saturated rings. The first-order chi connectivity index (χ1) is 11.6. The van der Waals surface area contributed by atoms with Crippen LogP contribution < -0.4 is 0 Å². The van der Waals surface area contributed by atoms with Gasteiger partial charge in [0.2, 0.25) is 10.0 Å². The van der Waals surface area contributed by atoms with Crippen LogP contribution in [-0.4, -0.2) is 53.8 Å². The Balaban J connectivity index is 2.05. The molecule has 3 rings (SSSR count). The van der Waals surface area contributed by atoms with E-state index in [-0.39, 0.29) is 16.6 Å². The number of thiazole rings is 1. The second-order valence-electron chi connectivity index (χ2n) is 4.92. The number of hydrogen-bond acceptors (Lipinski definition) is 8. The summed E-state index contributed by atoms with van der Waals surface area (Å²) in [5.74, 6) is 0.543. The van der Waals surface area contributed by atoms with E-state index in [4.69, 9.17) is 0 Å². The summed E-state index contributed by atoms with van der Waals surface area (Å²) in [4.78, 5) is 19.9. The lowest BCUT2D eigenvalue weighted by molar-refractivity contribution is 0.0589. The van der Waals surface area contributed by atoms with Crippen LogP contribution in [-0.2, 0) is 14.8 Å². The number of carbonyl (C=O) groups excluding carboxylic acids is 1. The number of pyridine rings is 1. The summed E-state index contributed by atoms with van der Waals surface area (Å²) in [5, 5.41) is 2.57. The molecule has 24 heavy (non-hydrogen) atoms. The maximum Gasteiger partial charge on any atom is 0.358 e. The molecule has 0 aliphatic carbocycles. The largest absolute Gasteiger partial charge is 0.464 e. The Morgan fingerprint density at radius 1 is 1.38 bits per heavy atom. The normalized spacial score (nSPS) is 19.1. The molecule has 10 heteroatoms. The van der Waals surface area contributed by atoms with Crippen LogP contribution in [0.1, 0.15) is 21.5 Å². The SMILES string of the molecule is COC(=O)c1ncccc1S(=O)(=O)N1CCSCC1c1nccs1. The van der Waals surface area contributed by atoms with Gasteiger partial charge in [-0.25, -0.2) is 23.2 Å². The van der Waals surface area contributed by atoms with Gasteiger partial charge in [0.25, 0.3) is 0 Å². The lowest BCUT2D eigenvalue weighted by atomic mass is 10.3. The zero-order chi connectivity index (χ0) is 17.2. The Labute approximate surface area is 148 Å². The Kier molecular flexibility index (Phi) is 5.18. The smallest absolute Gasteiger partial charge is 0.358 e. The molecule has 0 N–H and O–H groups in total. The van der Waals surface area contributed by atoms with E-state index in [0.29, 0.717) is 18.1 Å². The maximum absolute atomic E-state index is 13.2. The van der Waals surface area contributed by atoms with E-state index in [1.54, 1.807) is 18.0 Å². The summed E-state index contributed by atoms with van der Waals surface area (Å²) in [6.45, 7) is 0.354. The molecule has 2 aromatic rings. The average Bonchev–Trinajstić information content (AvgIpc) is 3.15. The highest BCUT2D eigenvalue weighted by molar-refractivity contribution is 7.99. The standard InChI is InChI=1S/C14H15N3O4S3/c1-21-14(18)12-11(3-2-4-15-12)24(19,20)17-6-8-22-9-10(17)13-16-5-7-23-13/h2-5,7,10H,6,8-9H2,1H3. The Bertz CT molecular complexity index is 824. The number of ether oxygens (including phenoxy) is 1. The minimum Gasteiger partial charge on any atom is -0.464 e. The van der Waals surface area contributed by atoms with Gasteiger partial charge in [-0.2, -0.15) is 16.1 Å². The molecule has 2 aromatic heterocycles. The van der Waals surface area contributed by atoms with Gasteiger partial charge in [0.15, 0.2) is 5.69 Å². The Morgan fingerprint density at radius 3 is 2.92 bits per heavy atom. The van der Waals surface area contributed by atoms with Crippen LogP contribution in [0.3, 0.4) is 0 Å². The van der Waals surface area contributed by atoms with Crippen LogP contribution in [0.25, 0.3) is 0 Å². The number of esters is 1. The van der Waals surface area contributed by atoms with Gasteiger partial charge in [0, 0.05) is 35.8 Å². The van der Waals surface area contributed by atoms with Crippen LogP contribution in [0.2, 0.25) is 0 Å². The first kappa shape index (κ1) is 17.3. The molecule has 0 spiro atoms. The van der Waals surface area contributed by atoms with Gasteiger partial charge in [0.05, 0.1) is 13.2 Å². The number of nitrogens with zero attached hydrogens (tertiary/aromatic N) is 3. The third-order valence-electron chi connectivity index (χ3n) is 3.55. The van der Waals surface area contributed by atoms with Crippen molar-refractivity contribution in [2.45, 2.75) is 10.9 Å². The second kappa shape index (κ2) is 7.18. The van der Waals surface area contributed by atoms with E-state index in [9.17, 15) is 13.2 Å². The third-order valence-corrected chi connectivity index (χ3v) is 7.39. The molecule has 7 nitrogen and oxygen atoms in total. The zero-order valence-electron chi connectivity index (χ0n) is 12.8. The molecule has 0 aromatic carbocycles. The molecule has 1 saturated heterocycles. The van der Waals surface area contributed by atoms with Crippen LogP contribution >= 0.6 is 23.1 Å². The molecule has 0 amide bonds. The van der Waals surface area contributed by atoms with Crippen molar-refractivity contribution < 1.29 is 17.9 Å². The molecule has 1 unspecified atom stereocenters. The fourth-order valence-corrected chi connectivity index (χ4v) is 6.36. The summed E-state index contributed by atoms with van der Waals surface area (Å²) >= 11 is 3.11. The number of hydrogen-bond donors (Lipinski definition) is 0. The Morgan fingerprint density at radius 2 is 2.21 bits per heavy atom. The summed E-state index contributed by atoms with van der Waals surface area (Å²) < 4.78 is 32.4. The van der Waals surface area contributed by atoms with E-state index in [2.05, 4.69) is 14.7 Å². The van der Waals surface area contributed by atoms with E-state index in [0.717, 1.165) is 5.01 Å². The minimum atomic E-state index is -3.90. The van der Waals surface area contributed by atoms with Crippen molar-refractivity contribution in [3.63, 3.8) is 0 Å². The van der Waals surface area contributed by atoms with Crippen LogP contribution in [0.5, 0.6) is 0 Å². The quantitative estimate of drug-likeness (QED) is 0.741. The van der Waals surface area contributed by atoms with Crippen molar-refractivity contribution >= 4 is 39.1 Å². The average molecular weight is 385 g/mol. The summed E-state index contributed by atoms with van der Waals surface area (Å²) in [5.41, 5.74) is -0.198. The van der Waals surface area contributed by atoms with Crippen molar-refractivity contribution in [1.29, 1.82) is 0 Å². The highest BCUT2D eigenvalue weighted by atomic mass is 32.2. The maximum atomic E-state index is 13.2. The van der Waals surface area contributed by atoms with E-state index in [1.807, 2.05) is 5.38 Å². The van der Waals surface area contributed by atoms with Crippen molar-refractivity contribution in [3.8, 4) is 0 Å². The topological polar surface area (TPSA) is 89.5 Å². The number of thioether (sulfide) groups is 1. The van der Waals surface area contributed by atoms with E-state index >= 15 is 0 Å². The molecule has 1 aliphatic heterocycles. The number of aromatic nitrogens is 2. The summed E-state index contributed by atoms with van der Waals surface area (Å²) in [6, 6.07) is 2.53. The number of rotatable bonds is 4. The lowest BCUT2D eigenvalue weighted by Gasteiger charge is -2.33. The van der Waals surface area contributed by atoms with Gasteiger partial charge < -0.3 is 4.74 Å². The molecule has 0 bridgehead atoms. The highest BCUT2D eigenvalue weighted by Crippen LogP contribution is 2.35. The van der Waals surface area contributed by atoms with Crippen LogP contribution in [0, 0.1) is 0 Å². The lowest BCUT2D eigenvalue weighted by Crippen LogP contribution is -2.41. The molecule has 1 atom stereocenters. The second-order valence-corrected chi connectivity index (χ2v) is 8.85. The van der Waals surface area contributed by atoms with Gasteiger partial charge >= 0.3 is 5.97 Å². The highest BCUT2D eigenvalue weighted by Gasteiger charge is 2.38. The molecule has 0 radical (unpaired) electrons. The molecular formula is C14H15N3O4S3. The summed E-state index contributed by atoms with van der Waals surface area (Å²) in [7, 11) is -2.70. The van der Waals surface area contributed by atoms with Gasteiger partial charge in [-0.1, -0.05) is 0 Å². The number of sulfonamides is 1. The fourth-order valence-electron chi connectivity index (χ4n) is 2.44. The van der Waals surface area contributed by atoms with Gasteiger partial charge in [0.1, 0.15) is 9.90 Å². The van der Waals surface area contributed by atoms with Crippen molar-refractivity contribution in [2.24, 2.45) is 0 Å². The molecule has 1 aliphatic rings. The first-order valence-corrected chi connectivity index (χ1v) is 10.6. The predicted octanol–water partition coefficient (Wildman–Crippen LogP) is 1.80. The van der Waals surface area contributed by atoms with Crippen molar-refractivity contribution in [3.05, 3.63) is 40.6 Å².